The van der Waals surface area contributed by atoms with Gasteiger partial charge in [0.15, 0.2) is 11.5 Å². The zero-order valence-corrected chi connectivity index (χ0v) is 12.8. The van der Waals surface area contributed by atoms with E-state index in [-0.39, 0.29) is 0 Å². The molecular formula is C18H15N3O2. The van der Waals surface area contributed by atoms with Gasteiger partial charge in [0.25, 0.3) is 0 Å². The summed E-state index contributed by atoms with van der Waals surface area (Å²) in [6, 6.07) is 15.3. The SMILES string of the molecule is COc1ccc(/C=C(\C#N)c2nc3ccccc3[nH]2)cc1OC. The molecule has 23 heavy (non-hydrogen) atoms. The van der Waals surface area contributed by atoms with E-state index in [9.17, 15) is 5.26 Å². The molecule has 0 fully saturated rings. The Morgan fingerprint density at radius 1 is 1.13 bits per heavy atom. The molecule has 0 saturated carbocycles. The summed E-state index contributed by atoms with van der Waals surface area (Å²) in [5.74, 6) is 1.80. The lowest BCUT2D eigenvalue weighted by atomic mass is 10.1. The molecule has 0 aliphatic carbocycles. The molecule has 1 aromatic heterocycles. The molecule has 0 unspecified atom stereocenters. The summed E-state index contributed by atoms with van der Waals surface area (Å²) in [5, 5.41) is 9.46. The summed E-state index contributed by atoms with van der Waals surface area (Å²) in [6.07, 6.45) is 1.76. The second kappa shape index (κ2) is 6.24. The number of allylic oxidation sites excluding steroid dienone is 1. The minimum absolute atomic E-state index is 0.452. The highest BCUT2D eigenvalue weighted by Crippen LogP contribution is 2.29. The van der Waals surface area contributed by atoms with Crippen molar-refractivity contribution in [1.82, 2.24) is 9.97 Å². The van der Waals surface area contributed by atoms with Crippen LogP contribution in [0.4, 0.5) is 0 Å². The molecule has 0 aliphatic heterocycles. The van der Waals surface area contributed by atoms with Crippen LogP contribution in [0.1, 0.15) is 11.4 Å². The Labute approximate surface area is 133 Å². The molecule has 1 heterocycles. The average molecular weight is 305 g/mol. The number of ether oxygens (including phenoxy) is 2. The lowest BCUT2D eigenvalue weighted by Gasteiger charge is -2.07. The Balaban J connectivity index is 2.03. The van der Waals surface area contributed by atoms with Gasteiger partial charge in [-0.1, -0.05) is 18.2 Å². The van der Waals surface area contributed by atoms with Crippen LogP contribution in [0, 0.1) is 11.3 Å². The van der Waals surface area contributed by atoms with Crippen LogP contribution < -0.4 is 9.47 Å². The van der Waals surface area contributed by atoms with Crippen molar-refractivity contribution in [3.63, 3.8) is 0 Å². The van der Waals surface area contributed by atoms with E-state index in [1.165, 1.54) is 0 Å². The summed E-state index contributed by atoms with van der Waals surface area (Å²) in [5.41, 5.74) is 3.01. The molecule has 2 aromatic carbocycles. The van der Waals surface area contributed by atoms with E-state index >= 15 is 0 Å². The number of nitrogens with zero attached hydrogens (tertiary/aromatic N) is 2. The Bertz CT molecular complexity index is 886. The van der Waals surface area contributed by atoms with E-state index in [1.54, 1.807) is 26.4 Å². The Morgan fingerprint density at radius 3 is 2.61 bits per heavy atom. The van der Waals surface area contributed by atoms with Crippen LogP contribution in [0.25, 0.3) is 22.7 Å². The van der Waals surface area contributed by atoms with Crippen molar-refractivity contribution in [2.75, 3.05) is 14.2 Å². The fourth-order valence-electron chi connectivity index (χ4n) is 2.34. The van der Waals surface area contributed by atoms with E-state index in [0.717, 1.165) is 16.6 Å². The molecule has 0 aliphatic rings. The van der Waals surface area contributed by atoms with Gasteiger partial charge in [0.2, 0.25) is 0 Å². The quantitative estimate of drug-likeness (QED) is 0.747. The fourth-order valence-corrected chi connectivity index (χ4v) is 2.34. The maximum absolute atomic E-state index is 9.46. The summed E-state index contributed by atoms with van der Waals surface area (Å²) < 4.78 is 10.5. The van der Waals surface area contributed by atoms with E-state index < -0.39 is 0 Å². The first-order chi connectivity index (χ1) is 11.2. The molecule has 3 aromatic rings. The van der Waals surface area contributed by atoms with Crippen molar-refractivity contribution in [3.8, 4) is 17.6 Å². The number of nitriles is 1. The van der Waals surface area contributed by atoms with Gasteiger partial charge in [-0.25, -0.2) is 4.98 Å². The smallest absolute Gasteiger partial charge is 0.161 e. The number of fused-ring (bicyclic) bond motifs is 1. The summed E-state index contributed by atoms with van der Waals surface area (Å²) in [6.45, 7) is 0. The number of nitrogens with one attached hydrogen (secondary N) is 1. The van der Waals surface area contributed by atoms with Crippen molar-refractivity contribution in [2.45, 2.75) is 0 Å². The number of imidazole rings is 1. The summed E-state index contributed by atoms with van der Waals surface area (Å²) >= 11 is 0. The number of hydrogen-bond donors (Lipinski definition) is 1. The predicted octanol–water partition coefficient (Wildman–Crippen LogP) is 3.64. The van der Waals surface area contributed by atoms with Crippen LogP contribution >= 0.6 is 0 Å². The van der Waals surface area contributed by atoms with E-state index in [0.29, 0.717) is 22.9 Å². The number of aromatic amines is 1. The van der Waals surface area contributed by atoms with Crippen LogP contribution in [-0.4, -0.2) is 24.2 Å². The third-order valence-corrected chi connectivity index (χ3v) is 3.48. The highest BCUT2D eigenvalue weighted by Gasteiger charge is 2.09. The number of para-hydroxylation sites is 2. The van der Waals surface area contributed by atoms with Gasteiger partial charge in [0, 0.05) is 0 Å². The van der Waals surface area contributed by atoms with Gasteiger partial charge in [-0.15, -0.1) is 0 Å². The van der Waals surface area contributed by atoms with Gasteiger partial charge < -0.3 is 14.5 Å². The molecule has 0 spiro atoms. The minimum Gasteiger partial charge on any atom is -0.493 e. The van der Waals surface area contributed by atoms with Gasteiger partial charge in [-0.05, 0) is 35.9 Å². The normalized spacial score (nSPS) is 11.3. The first-order valence-corrected chi connectivity index (χ1v) is 7.04. The second-order valence-electron chi connectivity index (χ2n) is 4.89. The maximum Gasteiger partial charge on any atom is 0.161 e. The zero-order chi connectivity index (χ0) is 16.2. The van der Waals surface area contributed by atoms with E-state index in [2.05, 4.69) is 16.0 Å². The molecule has 0 amide bonds. The molecule has 0 saturated heterocycles. The Hall–Kier alpha value is -3.26. The molecule has 114 valence electrons. The number of rotatable bonds is 4. The van der Waals surface area contributed by atoms with Crippen LogP contribution in [0.5, 0.6) is 11.5 Å². The summed E-state index contributed by atoms with van der Waals surface area (Å²) in [4.78, 5) is 7.61. The van der Waals surface area contributed by atoms with Crippen LogP contribution in [0.3, 0.4) is 0 Å². The van der Waals surface area contributed by atoms with Crippen molar-refractivity contribution in [3.05, 3.63) is 53.9 Å². The maximum atomic E-state index is 9.46. The van der Waals surface area contributed by atoms with Gasteiger partial charge in [0.05, 0.1) is 30.8 Å². The molecular weight excluding hydrogens is 290 g/mol. The number of methoxy groups -OCH3 is 2. The van der Waals surface area contributed by atoms with Gasteiger partial charge in [-0.3, -0.25) is 0 Å². The first-order valence-electron chi connectivity index (χ1n) is 7.04. The Kier molecular flexibility index (Phi) is 3.98. The third-order valence-electron chi connectivity index (χ3n) is 3.48. The number of hydrogen-bond acceptors (Lipinski definition) is 4. The molecule has 0 radical (unpaired) electrons. The monoisotopic (exact) mass is 305 g/mol. The van der Waals surface area contributed by atoms with Crippen LogP contribution in [-0.2, 0) is 0 Å². The average Bonchev–Trinajstić information content (AvgIpc) is 3.03. The lowest BCUT2D eigenvalue weighted by Crippen LogP contribution is -1.91. The van der Waals surface area contributed by atoms with E-state index in [4.69, 9.17) is 9.47 Å². The molecule has 5 nitrogen and oxygen atoms in total. The molecule has 0 atom stereocenters. The highest BCUT2D eigenvalue weighted by molar-refractivity contribution is 5.90. The molecule has 0 bridgehead atoms. The third kappa shape index (κ3) is 2.87. The highest BCUT2D eigenvalue weighted by atomic mass is 16.5. The van der Waals surface area contributed by atoms with Gasteiger partial charge in [-0.2, -0.15) is 5.26 Å². The van der Waals surface area contributed by atoms with Crippen molar-refractivity contribution in [2.24, 2.45) is 0 Å². The number of H-pyrrole nitrogens is 1. The first kappa shape index (κ1) is 14.7. The fraction of sp³-hybridized carbons (Fsp3) is 0.111. The second-order valence-corrected chi connectivity index (χ2v) is 4.89. The van der Waals surface area contributed by atoms with E-state index in [1.807, 2.05) is 36.4 Å². The van der Waals surface area contributed by atoms with Crippen molar-refractivity contribution >= 4 is 22.7 Å². The van der Waals surface area contributed by atoms with Crippen LogP contribution in [0.15, 0.2) is 42.5 Å². The lowest BCUT2D eigenvalue weighted by molar-refractivity contribution is 0.355. The molecule has 3 rings (SSSR count). The number of benzene rings is 2. The summed E-state index contributed by atoms with van der Waals surface area (Å²) in [7, 11) is 3.16. The predicted molar refractivity (Wildman–Crippen MR) is 89.1 cm³/mol. The van der Waals surface area contributed by atoms with Gasteiger partial charge >= 0.3 is 0 Å². The van der Waals surface area contributed by atoms with Crippen molar-refractivity contribution in [1.29, 1.82) is 5.26 Å². The molecule has 1 N–H and O–H groups in total. The minimum atomic E-state index is 0.452. The van der Waals surface area contributed by atoms with Crippen molar-refractivity contribution < 1.29 is 9.47 Å². The topological polar surface area (TPSA) is 70.9 Å². The largest absolute Gasteiger partial charge is 0.493 e. The standard InChI is InChI=1S/C18H15N3O2/c1-22-16-8-7-12(10-17(16)23-2)9-13(11-19)18-20-14-5-3-4-6-15(14)21-18/h3-10H,1-2H3,(H,20,21)/b13-9+. The van der Waals surface area contributed by atoms with Gasteiger partial charge in [0.1, 0.15) is 11.9 Å². The van der Waals surface area contributed by atoms with Crippen LogP contribution in [0.2, 0.25) is 0 Å². The molecule has 5 heteroatoms. The number of aromatic nitrogens is 2. The zero-order valence-electron chi connectivity index (χ0n) is 12.8. The Morgan fingerprint density at radius 2 is 1.91 bits per heavy atom.